The van der Waals surface area contributed by atoms with Crippen molar-refractivity contribution in [2.75, 3.05) is 10.6 Å². The fourth-order valence-corrected chi connectivity index (χ4v) is 5.73. The molecule has 5 N–H and O–H groups in total. The van der Waals surface area contributed by atoms with Crippen LogP contribution in [0.4, 0.5) is 11.4 Å². The quantitative estimate of drug-likeness (QED) is 0.0915. The number of aryl methyl sites for hydroxylation is 1. The summed E-state index contributed by atoms with van der Waals surface area (Å²) >= 11 is 1.32. The molecule has 0 heterocycles. The van der Waals surface area contributed by atoms with E-state index in [1.807, 2.05) is 67.6 Å². The Bertz CT molecular complexity index is 1930. The summed E-state index contributed by atoms with van der Waals surface area (Å²) < 4.78 is 0. The molecule has 0 fully saturated rings. The monoisotopic (exact) mass is 640 g/mol. The molecule has 0 aliphatic heterocycles. The third-order valence-corrected chi connectivity index (χ3v) is 8.44. The number of hydrogen-bond donors (Lipinski definition) is 4. The number of thioether (sulfide) groups is 1. The van der Waals surface area contributed by atoms with Crippen molar-refractivity contribution >= 4 is 52.8 Å². The largest absolute Gasteiger partial charge is 0.366 e. The highest BCUT2D eigenvalue weighted by Gasteiger charge is 2.24. The zero-order chi connectivity index (χ0) is 33.2. The van der Waals surface area contributed by atoms with Crippen LogP contribution in [0.25, 0.3) is 6.08 Å². The summed E-state index contributed by atoms with van der Waals surface area (Å²) in [6.07, 6.45) is 1.65. The number of amides is 4. The molecular weight excluding hydrogens is 609 g/mol. The van der Waals surface area contributed by atoms with Gasteiger partial charge in [0.25, 0.3) is 17.7 Å². The van der Waals surface area contributed by atoms with E-state index in [2.05, 4.69) is 16.0 Å². The highest BCUT2D eigenvalue weighted by molar-refractivity contribution is 8.00. The minimum absolute atomic E-state index is 0.0867. The molecule has 0 aromatic heterocycles. The summed E-state index contributed by atoms with van der Waals surface area (Å²) in [5.74, 6) is -1.87. The van der Waals surface area contributed by atoms with Gasteiger partial charge in [-0.05, 0) is 78.2 Å². The van der Waals surface area contributed by atoms with Crippen LogP contribution in [0, 0.1) is 6.92 Å². The molecule has 8 nitrogen and oxygen atoms in total. The summed E-state index contributed by atoms with van der Waals surface area (Å²) in [4.78, 5) is 52.7. The van der Waals surface area contributed by atoms with Gasteiger partial charge in [-0.15, -0.1) is 11.8 Å². The first-order chi connectivity index (χ1) is 22.8. The van der Waals surface area contributed by atoms with Crippen LogP contribution >= 0.6 is 11.8 Å². The third-order valence-electron chi connectivity index (χ3n) is 7.17. The van der Waals surface area contributed by atoms with Gasteiger partial charge in [-0.25, -0.2) is 0 Å². The smallest absolute Gasteiger partial charge is 0.272 e. The SMILES string of the molecule is Cc1ccccc1/C=C(\NC(=O)c1ccccc1)C(=O)Nc1ccc(SC(C(=O)Nc2ccccc2C(N)=O)c2ccccc2)cc1. The van der Waals surface area contributed by atoms with Gasteiger partial charge >= 0.3 is 0 Å². The maximum absolute atomic E-state index is 13.6. The maximum Gasteiger partial charge on any atom is 0.272 e. The number of benzene rings is 5. The third kappa shape index (κ3) is 8.62. The first kappa shape index (κ1) is 32.5. The van der Waals surface area contributed by atoms with Gasteiger partial charge in [0.2, 0.25) is 5.91 Å². The van der Waals surface area contributed by atoms with E-state index in [0.717, 1.165) is 21.6 Å². The molecule has 1 unspecified atom stereocenters. The second kappa shape index (κ2) is 15.4. The number of para-hydroxylation sites is 1. The molecule has 47 heavy (non-hydrogen) atoms. The Balaban J connectivity index is 1.34. The average molecular weight is 641 g/mol. The number of primary amides is 1. The lowest BCUT2D eigenvalue weighted by Crippen LogP contribution is -2.30. The molecule has 5 rings (SSSR count). The first-order valence-corrected chi connectivity index (χ1v) is 15.6. The lowest BCUT2D eigenvalue weighted by Gasteiger charge is -2.18. The van der Waals surface area contributed by atoms with E-state index in [4.69, 9.17) is 5.73 Å². The number of carbonyl (C=O) groups excluding carboxylic acids is 4. The predicted octanol–water partition coefficient (Wildman–Crippen LogP) is 6.98. The van der Waals surface area contributed by atoms with E-state index < -0.39 is 23.0 Å². The zero-order valence-electron chi connectivity index (χ0n) is 25.5. The van der Waals surface area contributed by atoms with Crippen molar-refractivity contribution in [1.29, 1.82) is 0 Å². The second-order valence-electron chi connectivity index (χ2n) is 10.5. The summed E-state index contributed by atoms with van der Waals surface area (Å²) in [5, 5.41) is 7.82. The molecule has 0 aliphatic rings. The highest BCUT2D eigenvalue weighted by Crippen LogP contribution is 2.37. The Morgan fingerprint density at radius 2 is 1.32 bits per heavy atom. The molecule has 4 amide bonds. The minimum atomic E-state index is -0.658. The van der Waals surface area contributed by atoms with Crippen molar-refractivity contribution in [3.63, 3.8) is 0 Å². The van der Waals surface area contributed by atoms with Gasteiger partial charge in [-0.3, -0.25) is 19.2 Å². The molecule has 5 aromatic rings. The van der Waals surface area contributed by atoms with E-state index >= 15 is 0 Å². The second-order valence-corrected chi connectivity index (χ2v) is 11.7. The van der Waals surface area contributed by atoms with Crippen LogP contribution in [-0.4, -0.2) is 23.6 Å². The Labute approximate surface area is 277 Å². The number of nitrogens with one attached hydrogen (secondary N) is 3. The lowest BCUT2D eigenvalue weighted by atomic mass is 10.1. The van der Waals surface area contributed by atoms with Crippen molar-refractivity contribution in [2.45, 2.75) is 17.1 Å². The van der Waals surface area contributed by atoms with E-state index in [1.165, 1.54) is 11.8 Å². The van der Waals surface area contributed by atoms with Crippen LogP contribution in [0.3, 0.4) is 0 Å². The Kier molecular flexibility index (Phi) is 10.6. The molecule has 0 saturated heterocycles. The van der Waals surface area contributed by atoms with Crippen LogP contribution in [0.2, 0.25) is 0 Å². The first-order valence-electron chi connectivity index (χ1n) is 14.7. The molecule has 5 aromatic carbocycles. The van der Waals surface area contributed by atoms with Crippen molar-refractivity contribution in [3.8, 4) is 0 Å². The summed E-state index contributed by atoms with van der Waals surface area (Å²) in [6, 6.07) is 39.2. The Morgan fingerprint density at radius 3 is 2.00 bits per heavy atom. The van der Waals surface area contributed by atoms with Gasteiger partial charge in [-0.1, -0.05) is 84.9 Å². The Morgan fingerprint density at radius 1 is 0.702 bits per heavy atom. The lowest BCUT2D eigenvalue weighted by molar-refractivity contribution is -0.116. The molecule has 1 atom stereocenters. The molecule has 234 valence electrons. The normalized spacial score (nSPS) is 11.6. The fraction of sp³-hybridized carbons (Fsp3) is 0.0526. The fourth-order valence-electron chi connectivity index (χ4n) is 4.70. The van der Waals surface area contributed by atoms with Crippen molar-refractivity contribution in [3.05, 3.63) is 167 Å². The predicted molar refractivity (Wildman–Crippen MR) is 187 cm³/mol. The van der Waals surface area contributed by atoms with Crippen molar-refractivity contribution in [2.24, 2.45) is 5.73 Å². The van der Waals surface area contributed by atoms with Crippen molar-refractivity contribution in [1.82, 2.24) is 5.32 Å². The van der Waals surface area contributed by atoms with E-state index in [-0.39, 0.29) is 17.2 Å². The highest BCUT2D eigenvalue weighted by atomic mass is 32.2. The topological polar surface area (TPSA) is 130 Å². The molecule has 0 saturated carbocycles. The van der Waals surface area contributed by atoms with Gasteiger partial charge in [0.15, 0.2) is 0 Å². The standard InChI is InChI=1S/C38H32N4O4S/c1-25-12-8-9-17-28(25)24-33(42-36(44)27-15-6-3-7-16-27)37(45)40-29-20-22-30(23-21-29)47-34(26-13-4-2-5-14-26)38(46)41-32-19-11-10-18-31(32)35(39)43/h2-24,34H,1H3,(H2,39,43)(H,40,45)(H,41,46)(H,42,44)/b33-24-. The van der Waals surface area contributed by atoms with Gasteiger partial charge in [0, 0.05) is 16.1 Å². The van der Waals surface area contributed by atoms with Gasteiger partial charge in [0.05, 0.1) is 11.3 Å². The minimum Gasteiger partial charge on any atom is -0.366 e. The number of hydrogen-bond acceptors (Lipinski definition) is 5. The van der Waals surface area contributed by atoms with Gasteiger partial charge in [0.1, 0.15) is 10.9 Å². The van der Waals surface area contributed by atoms with Crippen LogP contribution in [-0.2, 0) is 9.59 Å². The van der Waals surface area contributed by atoms with Gasteiger partial charge < -0.3 is 21.7 Å². The van der Waals surface area contributed by atoms with Gasteiger partial charge in [-0.2, -0.15) is 0 Å². The van der Waals surface area contributed by atoms with Crippen LogP contribution in [0.1, 0.15) is 42.7 Å². The van der Waals surface area contributed by atoms with E-state index in [1.54, 1.807) is 78.9 Å². The molecule has 0 radical (unpaired) electrons. The van der Waals surface area contributed by atoms with E-state index in [0.29, 0.717) is 16.9 Å². The summed E-state index contributed by atoms with van der Waals surface area (Å²) in [5.41, 5.74) is 9.58. The molecular formula is C38H32N4O4S. The zero-order valence-corrected chi connectivity index (χ0v) is 26.3. The average Bonchev–Trinajstić information content (AvgIpc) is 3.09. The molecule has 9 heteroatoms. The summed E-state index contributed by atoms with van der Waals surface area (Å²) in [6.45, 7) is 1.93. The van der Waals surface area contributed by atoms with E-state index in [9.17, 15) is 19.2 Å². The Hall–Kier alpha value is -5.93. The molecule has 0 bridgehead atoms. The van der Waals surface area contributed by atoms with Crippen LogP contribution in [0.15, 0.2) is 144 Å². The molecule has 0 aliphatic carbocycles. The number of anilines is 2. The number of carbonyl (C=O) groups is 4. The maximum atomic E-state index is 13.6. The number of nitrogens with two attached hydrogens (primary N) is 1. The van der Waals surface area contributed by atoms with Crippen molar-refractivity contribution < 1.29 is 19.2 Å². The molecule has 0 spiro atoms. The van der Waals surface area contributed by atoms with Crippen LogP contribution < -0.4 is 21.7 Å². The number of rotatable bonds is 11. The van der Waals surface area contributed by atoms with Crippen LogP contribution in [0.5, 0.6) is 0 Å². The summed E-state index contributed by atoms with van der Waals surface area (Å²) in [7, 11) is 0.